The van der Waals surface area contributed by atoms with Crippen molar-refractivity contribution in [1.29, 1.82) is 0 Å². The Morgan fingerprint density at radius 1 is 0.970 bits per heavy atom. The Morgan fingerprint density at radius 3 is 2.30 bits per heavy atom. The Balaban J connectivity index is 1.19. The lowest BCUT2D eigenvalue weighted by Gasteiger charge is -2.33. The van der Waals surface area contributed by atoms with Crippen LogP contribution < -0.4 is 4.74 Å². The van der Waals surface area contributed by atoms with Crippen LogP contribution in [-0.2, 0) is 19.4 Å². The van der Waals surface area contributed by atoms with Crippen LogP contribution in [0.4, 0.5) is 4.79 Å². The zero-order valence-electron chi connectivity index (χ0n) is 18.4. The molecule has 9 heteroatoms. The molecule has 1 aliphatic carbocycles. The number of aromatic nitrogens is 3. The lowest BCUT2D eigenvalue weighted by Crippen LogP contribution is -2.49. The van der Waals surface area contributed by atoms with E-state index < -0.39 is 6.09 Å². The zero-order chi connectivity index (χ0) is 22.8. The number of pyridine rings is 2. The van der Waals surface area contributed by atoms with Crippen LogP contribution in [0.15, 0.2) is 42.9 Å². The number of carbonyl (C=O) groups excluding carboxylic acids is 1. The number of hydrogen-bond acceptors (Lipinski definition) is 7. The third kappa shape index (κ3) is 4.36. The minimum Gasteiger partial charge on any atom is -0.494 e. The molecule has 0 radical (unpaired) electrons. The van der Waals surface area contributed by atoms with Crippen molar-refractivity contribution in [2.45, 2.75) is 32.2 Å². The average Bonchev–Trinajstić information content (AvgIpc) is 3.11. The van der Waals surface area contributed by atoms with Gasteiger partial charge >= 0.3 is 6.09 Å². The third-order valence-electron chi connectivity index (χ3n) is 6.36. The van der Waals surface area contributed by atoms with Crippen LogP contribution in [0, 0.1) is 0 Å². The highest BCUT2D eigenvalue weighted by Gasteiger charge is 2.26. The van der Waals surface area contributed by atoms with Crippen molar-refractivity contribution in [2.24, 2.45) is 0 Å². The summed E-state index contributed by atoms with van der Waals surface area (Å²) in [6, 6.07) is 7.22. The number of carbonyl (C=O) groups is 1. The normalized spacial score (nSPS) is 16.4. The van der Waals surface area contributed by atoms with Gasteiger partial charge in [-0.2, -0.15) is 0 Å². The summed E-state index contributed by atoms with van der Waals surface area (Å²) >= 11 is 0. The smallest absolute Gasteiger partial charge is 0.416 e. The van der Waals surface area contributed by atoms with Crippen molar-refractivity contribution >= 4 is 6.09 Å². The quantitative estimate of drug-likeness (QED) is 0.631. The maximum Gasteiger partial charge on any atom is 0.416 e. The second-order valence-corrected chi connectivity index (χ2v) is 8.49. The van der Waals surface area contributed by atoms with E-state index in [0.29, 0.717) is 18.8 Å². The van der Waals surface area contributed by atoms with Crippen LogP contribution in [0.25, 0.3) is 5.69 Å². The summed E-state index contributed by atoms with van der Waals surface area (Å²) in [5.41, 5.74) is 3.27. The molecule has 4 heterocycles. The van der Waals surface area contributed by atoms with Gasteiger partial charge in [0.25, 0.3) is 0 Å². The Kier molecular flexibility index (Phi) is 5.87. The summed E-state index contributed by atoms with van der Waals surface area (Å²) in [7, 11) is 0. The summed E-state index contributed by atoms with van der Waals surface area (Å²) in [6.07, 6.45) is 8.16. The summed E-state index contributed by atoms with van der Waals surface area (Å²) in [5.74, 6) is 0.285. The lowest BCUT2D eigenvalue weighted by molar-refractivity contribution is 0.107. The van der Waals surface area contributed by atoms with E-state index in [1.54, 1.807) is 23.2 Å². The van der Waals surface area contributed by atoms with E-state index in [4.69, 9.17) is 4.74 Å². The van der Waals surface area contributed by atoms with Crippen molar-refractivity contribution in [3.05, 3.63) is 59.5 Å². The van der Waals surface area contributed by atoms with Crippen LogP contribution in [0.5, 0.6) is 17.6 Å². The summed E-state index contributed by atoms with van der Waals surface area (Å²) in [4.78, 5) is 24.9. The topological polar surface area (TPSA) is 104 Å². The number of piperazine rings is 1. The molecule has 5 rings (SSSR count). The SMILES string of the molecule is O=C(Oc1ccc(-n2c(O)c3c(c2O)CCCC3)cn1)N1CCN(Cc2cccnc2)CC1. The molecule has 3 aromatic rings. The first-order chi connectivity index (χ1) is 16.1. The molecule has 1 aliphatic heterocycles. The molecule has 0 spiro atoms. The molecule has 33 heavy (non-hydrogen) atoms. The first-order valence-corrected chi connectivity index (χ1v) is 11.3. The van der Waals surface area contributed by atoms with Gasteiger partial charge in [-0.3, -0.25) is 9.88 Å². The van der Waals surface area contributed by atoms with Crippen molar-refractivity contribution < 1.29 is 19.7 Å². The summed E-state index contributed by atoms with van der Waals surface area (Å²) in [5, 5.41) is 21.2. The van der Waals surface area contributed by atoms with Crippen molar-refractivity contribution in [3.63, 3.8) is 0 Å². The summed E-state index contributed by atoms with van der Waals surface area (Å²) < 4.78 is 6.85. The molecule has 2 aliphatic rings. The van der Waals surface area contributed by atoms with Gasteiger partial charge in [0.15, 0.2) is 0 Å². The molecule has 0 unspecified atom stereocenters. The number of amides is 1. The molecule has 0 atom stereocenters. The molecule has 0 saturated carbocycles. The van der Waals surface area contributed by atoms with Crippen molar-refractivity contribution in [3.8, 4) is 23.3 Å². The highest BCUT2D eigenvalue weighted by atomic mass is 16.6. The summed E-state index contributed by atoms with van der Waals surface area (Å²) in [6.45, 7) is 3.48. The maximum atomic E-state index is 12.6. The van der Waals surface area contributed by atoms with Crippen molar-refractivity contribution in [2.75, 3.05) is 26.2 Å². The Morgan fingerprint density at radius 2 is 1.70 bits per heavy atom. The first-order valence-electron chi connectivity index (χ1n) is 11.3. The van der Waals surface area contributed by atoms with Gasteiger partial charge in [0.05, 0.1) is 11.9 Å². The van der Waals surface area contributed by atoms with E-state index in [1.165, 1.54) is 10.8 Å². The Labute approximate surface area is 191 Å². The minimum atomic E-state index is -0.432. The number of rotatable bonds is 4. The van der Waals surface area contributed by atoms with Gasteiger partial charge in [-0.05, 0) is 43.4 Å². The Hall–Kier alpha value is -3.59. The molecule has 2 N–H and O–H groups in total. The molecule has 1 amide bonds. The molecule has 1 fully saturated rings. The van der Waals surface area contributed by atoms with Gasteiger partial charge in [0, 0.05) is 62.3 Å². The van der Waals surface area contributed by atoms with Gasteiger partial charge < -0.3 is 19.8 Å². The van der Waals surface area contributed by atoms with E-state index in [2.05, 4.69) is 14.9 Å². The number of ether oxygens (including phenoxy) is 1. The van der Waals surface area contributed by atoms with Gasteiger partial charge in [0.2, 0.25) is 17.6 Å². The molecular formula is C24H27N5O4. The fourth-order valence-electron chi connectivity index (χ4n) is 4.57. The second-order valence-electron chi connectivity index (χ2n) is 8.49. The lowest BCUT2D eigenvalue weighted by atomic mass is 9.95. The number of nitrogens with zero attached hydrogens (tertiary/aromatic N) is 5. The highest BCUT2D eigenvalue weighted by Crippen LogP contribution is 2.40. The van der Waals surface area contributed by atoms with E-state index in [0.717, 1.165) is 62.0 Å². The first kappa shape index (κ1) is 21.3. The second kappa shape index (κ2) is 9.11. The molecule has 1 saturated heterocycles. The standard InChI is InChI=1S/C24H27N5O4/c30-22-19-5-1-2-6-20(19)23(31)29(22)18-7-8-21(26-15-18)33-24(32)28-12-10-27(11-13-28)16-17-4-3-9-25-14-17/h3-4,7-9,14-15,30-31H,1-2,5-6,10-13,16H2. The Bertz CT molecular complexity index is 1090. The zero-order valence-corrected chi connectivity index (χ0v) is 18.4. The molecule has 9 nitrogen and oxygen atoms in total. The fourth-order valence-corrected chi connectivity index (χ4v) is 4.57. The predicted molar refractivity (Wildman–Crippen MR) is 121 cm³/mol. The fraction of sp³-hybridized carbons (Fsp3) is 0.375. The number of hydrogen-bond donors (Lipinski definition) is 2. The van der Waals surface area contributed by atoms with Gasteiger partial charge in [-0.15, -0.1) is 0 Å². The molecular weight excluding hydrogens is 422 g/mol. The average molecular weight is 450 g/mol. The number of fused-ring (bicyclic) bond motifs is 1. The molecule has 3 aromatic heterocycles. The van der Waals surface area contributed by atoms with E-state index >= 15 is 0 Å². The van der Waals surface area contributed by atoms with Crippen LogP contribution in [0.3, 0.4) is 0 Å². The largest absolute Gasteiger partial charge is 0.494 e. The molecule has 0 aromatic carbocycles. The van der Waals surface area contributed by atoms with Gasteiger partial charge in [-0.1, -0.05) is 6.07 Å². The van der Waals surface area contributed by atoms with E-state index in [1.807, 2.05) is 18.3 Å². The minimum absolute atomic E-state index is 0.0536. The predicted octanol–water partition coefficient (Wildman–Crippen LogP) is 2.87. The van der Waals surface area contributed by atoms with Gasteiger partial charge in [0.1, 0.15) is 0 Å². The van der Waals surface area contributed by atoms with E-state index in [9.17, 15) is 15.0 Å². The van der Waals surface area contributed by atoms with Crippen LogP contribution in [-0.4, -0.2) is 66.8 Å². The molecule has 0 bridgehead atoms. The van der Waals surface area contributed by atoms with Crippen molar-refractivity contribution in [1.82, 2.24) is 24.3 Å². The van der Waals surface area contributed by atoms with Crippen LogP contribution >= 0.6 is 0 Å². The third-order valence-corrected chi connectivity index (χ3v) is 6.36. The van der Waals surface area contributed by atoms with Crippen LogP contribution in [0.2, 0.25) is 0 Å². The molecule has 172 valence electrons. The van der Waals surface area contributed by atoms with Gasteiger partial charge in [-0.25, -0.2) is 14.3 Å². The monoisotopic (exact) mass is 449 g/mol. The van der Waals surface area contributed by atoms with E-state index in [-0.39, 0.29) is 17.6 Å². The maximum absolute atomic E-state index is 12.6. The highest BCUT2D eigenvalue weighted by molar-refractivity contribution is 5.70. The van der Waals surface area contributed by atoms with Crippen LogP contribution in [0.1, 0.15) is 29.5 Å². The number of aromatic hydroxyl groups is 2.